The molecule has 3 amide bonds. The summed E-state index contributed by atoms with van der Waals surface area (Å²) in [7, 11) is 0. The van der Waals surface area contributed by atoms with Crippen LogP contribution in [-0.4, -0.2) is 35.6 Å². The van der Waals surface area contributed by atoms with E-state index in [4.69, 9.17) is 10.8 Å². The van der Waals surface area contributed by atoms with Crippen LogP contribution in [0.5, 0.6) is 0 Å². The molecule has 0 rings (SSSR count). The Kier molecular flexibility index (Phi) is 8.34. The van der Waals surface area contributed by atoms with E-state index in [1.54, 1.807) is 0 Å². The summed E-state index contributed by atoms with van der Waals surface area (Å²) in [5.41, 5.74) is 4.99. The van der Waals surface area contributed by atoms with Crippen molar-refractivity contribution in [2.45, 2.75) is 45.1 Å². The van der Waals surface area contributed by atoms with Crippen molar-refractivity contribution in [3.63, 3.8) is 0 Å². The second-order valence-corrected chi connectivity index (χ2v) is 3.99. The van der Waals surface area contributed by atoms with E-state index in [1.807, 2.05) is 6.92 Å². The normalized spacial score (nSPS) is 11.6. The third kappa shape index (κ3) is 8.37. The lowest BCUT2D eigenvalue weighted by Crippen LogP contribution is -2.48. The summed E-state index contributed by atoms with van der Waals surface area (Å²) in [5.74, 6) is -1.23. The summed E-state index contributed by atoms with van der Waals surface area (Å²) in [4.78, 5) is 32.7. The Labute approximate surface area is 106 Å². The first-order valence-electron chi connectivity index (χ1n) is 6.02. The minimum atomic E-state index is -0.901. The fraction of sp³-hybridized carbons (Fsp3) is 0.727. The molecule has 5 N–H and O–H groups in total. The first kappa shape index (κ1) is 16.2. The number of urea groups is 1. The van der Waals surface area contributed by atoms with Crippen LogP contribution < -0.4 is 16.4 Å². The van der Waals surface area contributed by atoms with Gasteiger partial charge < -0.3 is 21.5 Å². The summed E-state index contributed by atoms with van der Waals surface area (Å²) in [5, 5.41) is 13.4. The molecule has 7 nitrogen and oxygen atoms in total. The molecule has 0 heterocycles. The maximum absolute atomic E-state index is 11.7. The highest BCUT2D eigenvalue weighted by atomic mass is 16.4. The summed E-state index contributed by atoms with van der Waals surface area (Å²) in [6.07, 6.45) is 2.59. The van der Waals surface area contributed by atoms with Crippen LogP contribution in [0, 0.1) is 0 Å². The molecule has 104 valence electrons. The van der Waals surface area contributed by atoms with Gasteiger partial charge in [-0.05, 0) is 12.8 Å². The minimum absolute atomic E-state index is 0.00313. The molecule has 0 aromatic rings. The number of nitrogens with one attached hydrogen (secondary N) is 2. The maximum Gasteiger partial charge on any atom is 0.312 e. The number of hydrogen-bond acceptors (Lipinski definition) is 3. The SMILES string of the molecule is CCCCC(NC(N)=O)C(=O)NCCCC(=O)O. The molecule has 0 bridgehead atoms. The van der Waals surface area contributed by atoms with Gasteiger partial charge in [0.1, 0.15) is 6.04 Å². The van der Waals surface area contributed by atoms with E-state index in [2.05, 4.69) is 10.6 Å². The molecule has 1 atom stereocenters. The van der Waals surface area contributed by atoms with Gasteiger partial charge in [0.2, 0.25) is 5.91 Å². The molecular formula is C11H21N3O4. The molecule has 0 aliphatic rings. The maximum atomic E-state index is 11.7. The lowest BCUT2D eigenvalue weighted by atomic mass is 10.1. The van der Waals surface area contributed by atoms with E-state index >= 15 is 0 Å². The lowest BCUT2D eigenvalue weighted by Gasteiger charge is -2.16. The summed E-state index contributed by atoms with van der Waals surface area (Å²) >= 11 is 0. The molecule has 0 fully saturated rings. The number of nitrogens with two attached hydrogens (primary N) is 1. The quantitative estimate of drug-likeness (QED) is 0.442. The molecule has 0 radical (unpaired) electrons. The van der Waals surface area contributed by atoms with Crippen molar-refractivity contribution in [1.82, 2.24) is 10.6 Å². The standard InChI is InChI=1S/C11H21N3O4/c1-2-3-5-8(14-11(12)18)10(17)13-7-4-6-9(15)16/h8H,2-7H2,1H3,(H,13,17)(H,15,16)(H3,12,14,18). The first-order valence-corrected chi connectivity index (χ1v) is 6.02. The lowest BCUT2D eigenvalue weighted by molar-refractivity contribution is -0.137. The number of carbonyl (C=O) groups excluding carboxylic acids is 2. The predicted octanol–water partition coefficient (Wildman–Crippen LogP) is 0.195. The number of primary amides is 1. The van der Waals surface area contributed by atoms with Crippen LogP contribution in [0.4, 0.5) is 4.79 Å². The number of aliphatic carboxylic acids is 1. The molecule has 0 aliphatic carbocycles. The van der Waals surface area contributed by atoms with Gasteiger partial charge in [0.05, 0.1) is 0 Å². The van der Waals surface area contributed by atoms with Crippen LogP contribution in [-0.2, 0) is 9.59 Å². The Bertz CT molecular complexity index is 294. The second-order valence-electron chi connectivity index (χ2n) is 3.99. The zero-order valence-electron chi connectivity index (χ0n) is 10.6. The molecule has 18 heavy (non-hydrogen) atoms. The van der Waals surface area contributed by atoms with Crippen molar-refractivity contribution in [2.24, 2.45) is 5.73 Å². The van der Waals surface area contributed by atoms with Gasteiger partial charge in [-0.3, -0.25) is 9.59 Å². The Hall–Kier alpha value is -1.79. The van der Waals surface area contributed by atoms with Gasteiger partial charge >= 0.3 is 12.0 Å². The first-order chi connectivity index (χ1) is 8.47. The summed E-state index contributed by atoms with van der Waals surface area (Å²) < 4.78 is 0. The zero-order chi connectivity index (χ0) is 14.0. The average Bonchev–Trinajstić information content (AvgIpc) is 2.29. The smallest absolute Gasteiger partial charge is 0.312 e. The molecule has 1 unspecified atom stereocenters. The molecule has 0 saturated carbocycles. The van der Waals surface area contributed by atoms with Gasteiger partial charge in [0.15, 0.2) is 0 Å². The minimum Gasteiger partial charge on any atom is -0.481 e. The van der Waals surface area contributed by atoms with Gasteiger partial charge in [-0.15, -0.1) is 0 Å². The number of carbonyl (C=O) groups is 3. The van der Waals surface area contributed by atoms with Crippen molar-refractivity contribution in [2.75, 3.05) is 6.54 Å². The van der Waals surface area contributed by atoms with Gasteiger partial charge in [-0.25, -0.2) is 4.79 Å². The van der Waals surface area contributed by atoms with Crippen molar-refractivity contribution in [1.29, 1.82) is 0 Å². The van der Waals surface area contributed by atoms with E-state index in [0.29, 0.717) is 12.8 Å². The van der Waals surface area contributed by atoms with Crippen LogP contribution in [0.15, 0.2) is 0 Å². The summed E-state index contributed by atoms with van der Waals surface area (Å²) in [6, 6.07) is -1.39. The topological polar surface area (TPSA) is 122 Å². The molecule has 0 aliphatic heterocycles. The molecule has 0 spiro atoms. The van der Waals surface area contributed by atoms with E-state index in [9.17, 15) is 14.4 Å². The van der Waals surface area contributed by atoms with E-state index in [-0.39, 0.29) is 18.9 Å². The zero-order valence-corrected chi connectivity index (χ0v) is 10.6. The van der Waals surface area contributed by atoms with E-state index in [1.165, 1.54) is 0 Å². The van der Waals surface area contributed by atoms with Gasteiger partial charge in [0.25, 0.3) is 0 Å². The van der Waals surface area contributed by atoms with Gasteiger partial charge in [-0.1, -0.05) is 19.8 Å². The van der Waals surface area contributed by atoms with Gasteiger partial charge in [-0.2, -0.15) is 0 Å². The van der Waals surface area contributed by atoms with Gasteiger partial charge in [0, 0.05) is 13.0 Å². The van der Waals surface area contributed by atoms with Crippen LogP contribution >= 0.6 is 0 Å². The van der Waals surface area contributed by atoms with E-state index < -0.39 is 18.0 Å². The number of amides is 3. The van der Waals surface area contributed by atoms with E-state index in [0.717, 1.165) is 12.8 Å². The largest absolute Gasteiger partial charge is 0.481 e. The number of carboxylic acids is 1. The average molecular weight is 259 g/mol. The van der Waals surface area contributed by atoms with Crippen LogP contribution in [0.3, 0.4) is 0 Å². The van der Waals surface area contributed by atoms with Crippen molar-refractivity contribution in [3.05, 3.63) is 0 Å². The second kappa shape index (κ2) is 9.26. The Balaban J connectivity index is 4.03. The molecule has 0 aromatic carbocycles. The van der Waals surface area contributed by atoms with Crippen molar-refractivity contribution in [3.8, 4) is 0 Å². The number of carboxylic acid groups (broad SMARTS) is 1. The van der Waals surface area contributed by atoms with Crippen molar-refractivity contribution < 1.29 is 19.5 Å². The highest BCUT2D eigenvalue weighted by Crippen LogP contribution is 2.01. The highest BCUT2D eigenvalue weighted by Gasteiger charge is 2.18. The fourth-order valence-electron chi connectivity index (χ4n) is 1.42. The van der Waals surface area contributed by atoms with Crippen molar-refractivity contribution >= 4 is 17.9 Å². The fourth-order valence-corrected chi connectivity index (χ4v) is 1.42. The van der Waals surface area contributed by atoms with Crippen LogP contribution in [0.2, 0.25) is 0 Å². The molecule has 0 aromatic heterocycles. The Morgan fingerprint density at radius 3 is 2.44 bits per heavy atom. The molecule has 0 saturated heterocycles. The van der Waals surface area contributed by atoms with Crippen LogP contribution in [0.1, 0.15) is 39.0 Å². The Morgan fingerprint density at radius 2 is 1.94 bits per heavy atom. The molecular weight excluding hydrogens is 238 g/mol. The third-order valence-electron chi connectivity index (χ3n) is 2.35. The Morgan fingerprint density at radius 1 is 1.28 bits per heavy atom. The highest BCUT2D eigenvalue weighted by molar-refractivity contribution is 5.86. The number of rotatable bonds is 9. The summed E-state index contributed by atoms with van der Waals surface area (Å²) in [6.45, 7) is 2.25. The predicted molar refractivity (Wildman–Crippen MR) is 65.9 cm³/mol. The number of unbranched alkanes of at least 4 members (excludes halogenated alkanes) is 1. The third-order valence-corrected chi connectivity index (χ3v) is 2.35. The number of hydrogen-bond donors (Lipinski definition) is 4. The monoisotopic (exact) mass is 259 g/mol. The molecule has 7 heteroatoms. The van der Waals surface area contributed by atoms with Crippen LogP contribution in [0.25, 0.3) is 0 Å².